The van der Waals surface area contributed by atoms with Gasteiger partial charge in [0.25, 0.3) is 5.91 Å². The van der Waals surface area contributed by atoms with Crippen molar-refractivity contribution in [3.63, 3.8) is 0 Å². The molecule has 2 aromatic rings. The predicted octanol–water partition coefficient (Wildman–Crippen LogP) is 1.58. The van der Waals surface area contributed by atoms with E-state index in [1.165, 1.54) is 44.8 Å². The molecule has 0 atom stereocenters. The van der Waals surface area contributed by atoms with Crippen LogP contribution in [0.3, 0.4) is 0 Å². The monoisotopic (exact) mass is 438 g/mol. The first kappa shape index (κ1) is 21.4. The van der Waals surface area contributed by atoms with Gasteiger partial charge in [0.2, 0.25) is 10.0 Å². The number of thiophene rings is 1. The third-order valence-electron chi connectivity index (χ3n) is 4.40. The smallest absolute Gasteiger partial charge is 0.338 e. The number of amides is 1. The molecule has 1 aliphatic heterocycles. The van der Waals surface area contributed by atoms with Gasteiger partial charge in [-0.3, -0.25) is 4.79 Å². The van der Waals surface area contributed by atoms with E-state index in [1.807, 2.05) is 17.5 Å². The second-order valence-electron chi connectivity index (χ2n) is 6.45. The zero-order chi connectivity index (χ0) is 20.9. The van der Waals surface area contributed by atoms with Crippen molar-refractivity contribution in [1.82, 2.24) is 9.21 Å². The van der Waals surface area contributed by atoms with Crippen molar-refractivity contribution in [3.05, 3.63) is 52.2 Å². The van der Waals surface area contributed by atoms with Gasteiger partial charge in [0.15, 0.2) is 6.61 Å². The molecular formula is C19H22N2O6S2. The minimum Gasteiger partial charge on any atom is -0.452 e. The molecule has 0 N–H and O–H groups in total. The minimum atomic E-state index is -3.72. The van der Waals surface area contributed by atoms with Crippen LogP contribution >= 0.6 is 11.3 Å². The Balaban J connectivity index is 1.61. The molecule has 0 aliphatic carbocycles. The summed E-state index contributed by atoms with van der Waals surface area (Å²) >= 11 is 1.54. The normalized spacial score (nSPS) is 15.1. The summed E-state index contributed by atoms with van der Waals surface area (Å²) in [5.41, 5.74) is 0.0769. The SMILES string of the molecule is CN(Cc1cccs1)C(=O)COC(=O)c1cccc(S(=O)(=O)N2CCOCC2)c1. The number of hydrogen-bond acceptors (Lipinski definition) is 7. The maximum atomic E-state index is 12.7. The predicted molar refractivity (Wildman–Crippen MR) is 107 cm³/mol. The Labute approximate surface area is 173 Å². The lowest BCUT2D eigenvalue weighted by Gasteiger charge is -2.26. The van der Waals surface area contributed by atoms with Gasteiger partial charge in [-0.1, -0.05) is 12.1 Å². The Kier molecular flexibility index (Phi) is 7.01. The summed E-state index contributed by atoms with van der Waals surface area (Å²) in [5.74, 6) is -1.09. The number of benzene rings is 1. The van der Waals surface area contributed by atoms with Gasteiger partial charge in [0.1, 0.15) is 0 Å². The van der Waals surface area contributed by atoms with Gasteiger partial charge in [0, 0.05) is 25.0 Å². The van der Waals surface area contributed by atoms with Crippen LogP contribution in [0.15, 0.2) is 46.7 Å². The summed E-state index contributed by atoms with van der Waals surface area (Å²) in [6.07, 6.45) is 0. The highest BCUT2D eigenvalue weighted by atomic mass is 32.2. The first-order chi connectivity index (χ1) is 13.9. The highest BCUT2D eigenvalue weighted by molar-refractivity contribution is 7.89. The van der Waals surface area contributed by atoms with E-state index < -0.39 is 22.6 Å². The summed E-state index contributed by atoms with van der Waals surface area (Å²) < 4.78 is 37.0. The highest BCUT2D eigenvalue weighted by Crippen LogP contribution is 2.19. The van der Waals surface area contributed by atoms with Crippen LogP contribution in [0.5, 0.6) is 0 Å². The molecule has 29 heavy (non-hydrogen) atoms. The topological polar surface area (TPSA) is 93.2 Å². The lowest BCUT2D eigenvalue weighted by atomic mass is 10.2. The van der Waals surface area contributed by atoms with E-state index in [0.717, 1.165) is 4.88 Å². The number of carbonyl (C=O) groups is 2. The molecule has 1 fully saturated rings. The highest BCUT2D eigenvalue weighted by Gasteiger charge is 2.27. The van der Waals surface area contributed by atoms with Crippen LogP contribution in [0.1, 0.15) is 15.2 Å². The van der Waals surface area contributed by atoms with Crippen LogP contribution in [0.4, 0.5) is 0 Å². The Bertz CT molecular complexity index is 953. The molecule has 1 aromatic carbocycles. The van der Waals surface area contributed by atoms with Gasteiger partial charge in [-0.15, -0.1) is 11.3 Å². The number of esters is 1. The maximum absolute atomic E-state index is 12.7. The number of sulfonamides is 1. The van der Waals surface area contributed by atoms with E-state index >= 15 is 0 Å². The second kappa shape index (κ2) is 9.49. The molecule has 2 heterocycles. The fraction of sp³-hybridized carbons (Fsp3) is 0.368. The Morgan fingerprint density at radius 1 is 1.21 bits per heavy atom. The lowest BCUT2D eigenvalue weighted by Crippen LogP contribution is -2.40. The molecule has 10 heteroatoms. The summed E-state index contributed by atoms with van der Waals surface area (Å²) in [5, 5.41) is 1.92. The Hall–Kier alpha value is -2.27. The largest absolute Gasteiger partial charge is 0.452 e. The molecule has 0 unspecified atom stereocenters. The fourth-order valence-corrected chi connectivity index (χ4v) is 4.98. The van der Waals surface area contributed by atoms with Gasteiger partial charge < -0.3 is 14.4 Å². The van der Waals surface area contributed by atoms with Crippen LogP contribution in [-0.2, 0) is 30.8 Å². The lowest BCUT2D eigenvalue weighted by molar-refractivity contribution is -0.133. The molecule has 1 saturated heterocycles. The number of hydrogen-bond donors (Lipinski definition) is 0. The van der Waals surface area contributed by atoms with Crippen molar-refractivity contribution in [2.45, 2.75) is 11.4 Å². The summed E-state index contributed by atoms with van der Waals surface area (Å²) in [4.78, 5) is 27.0. The van der Waals surface area contributed by atoms with Crippen LogP contribution < -0.4 is 0 Å². The molecule has 0 saturated carbocycles. The molecule has 0 spiro atoms. The molecular weight excluding hydrogens is 416 g/mol. The van der Waals surface area contributed by atoms with Gasteiger partial charge in [-0.25, -0.2) is 13.2 Å². The van der Waals surface area contributed by atoms with Crippen molar-refractivity contribution in [1.29, 1.82) is 0 Å². The van der Waals surface area contributed by atoms with Crippen LogP contribution in [0.25, 0.3) is 0 Å². The van der Waals surface area contributed by atoms with E-state index in [4.69, 9.17) is 9.47 Å². The zero-order valence-electron chi connectivity index (χ0n) is 15.9. The standard InChI is InChI=1S/C19H22N2O6S2/c1-20(13-16-5-3-11-28-16)18(22)14-27-19(23)15-4-2-6-17(12-15)29(24,25)21-7-9-26-10-8-21/h2-6,11-12H,7-10,13-14H2,1H3. The minimum absolute atomic E-state index is 0.00925. The Morgan fingerprint density at radius 3 is 2.66 bits per heavy atom. The number of carbonyl (C=O) groups excluding carboxylic acids is 2. The van der Waals surface area contributed by atoms with E-state index in [1.54, 1.807) is 7.05 Å². The average Bonchev–Trinajstić information content (AvgIpc) is 3.25. The summed E-state index contributed by atoms with van der Waals surface area (Å²) in [6.45, 7) is 1.22. The number of likely N-dealkylation sites (N-methyl/N-ethyl adjacent to an activating group) is 1. The first-order valence-corrected chi connectivity index (χ1v) is 11.3. The first-order valence-electron chi connectivity index (χ1n) is 8.99. The van der Waals surface area contributed by atoms with E-state index in [0.29, 0.717) is 19.8 Å². The van der Waals surface area contributed by atoms with Crippen molar-refractivity contribution in [3.8, 4) is 0 Å². The maximum Gasteiger partial charge on any atom is 0.338 e. The summed E-state index contributed by atoms with van der Waals surface area (Å²) in [6, 6.07) is 9.46. The molecule has 3 rings (SSSR count). The molecule has 0 radical (unpaired) electrons. The van der Waals surface area contributed by atoms with E-state index in [9.17, 15) is 18.0 Å². The molecule has 0 bridgehead atoms. The second-order valence-corrected chi connectivity index (χ2v) is 9.42. The quantitative estimate of drug-likeness (QED) is 0.610. The van der Waals surface area contributed by atoms with Gasteiger partial charge in [-0.05, 0) is 29.6 Å². The average molecular weight is 439 g/mol. The fourth-order valence-electron chi connectivity index (χ4n) is 2.76. The van der Waals surface area contributed by atoms with Crippen molar-refractivity contribution in [2.75, 3.05) is 40.0 Å². The van der Waals surface area contributed by atoms with Crippen molar-refractivity contribution in [2.24, 2.45) is 0 Å². The van der Waals surface area contributed by atoms with E-state index in [-0.39, 0.29) is 29.5 Å². The number of rotatable bonds is 7. The van der Waals surface area contributed by atoms with Crippen molar-refractivity contribution < 1.29 is 27.5 Å². The van der Waals surface area contributed by atoms with Crippen molar-refractivity contribution >= 4 is 33.2 Å². The number of morpholine rings is 1. The number of nitrogens with zero attached hydrogens (tertiary/aromatic N) is 2. The molecule has 1 aromatic heterocycles. The zero-order valence-corrected chi connectivity index (χ0v) is 17.6. The van der Waals surface area contributed by atoms with Gasteiger partial charge >= 0.3 is 5.97 Å². The van der Waals surface area contributed by atoms with Gasteiger partial charge in [0.05, 0.1) is 30.2 Å². The van der Waals surface area contributed by atoms with Crippen LogP contribution in [0, 0.1) is 0 Å². The summed E-state index contributed by atoms with van der Waals surface area (Å²) in [7, 11) is -2.09. The molecule has 1 aliphatic rings. The molecule has 1 amide bonds. The van der Waals surface area contributed by atoms with Gasteiger partial charge in [-0.2, -0.15) is 4.31 Å². The number of ether oxygens (including phenoxy) is 2. The van der Waals surface area contributed by atoms with Crippen LogP contribution in [0.2, 0.25) is 0 Å². The van der Waals surface area contributed by atoms with Crippen LogP contribution in [-0.4, -0.2) is 69.5 Å². The third kappa shape index (κ3) is 5.41. The molecule has 156 valence electrons. The van der Waals surface area contributed by atoms with E-state index in [2.05, 4.69) is 0 Å². The Morgan fingerprint density at radius 2 is 1.97 bits per heavy atom. The third-order valence-corrected chi connectivity index (χ3v) is 7.16. The molecule has 8 nitrogen and oxygen atoms in total.